The number of likely N-dealkylation sites (tertiary alicyclic amines) is 1. The van der Waals surface area contributed by atoms with Gasteiger partial charge in [-0.15, -0.1) is 0 Å². The Bertz CT molecular complexity index is 445. The number of nitrogens with zero attached hydrogens (tertiary/aromatic N) is 1. The topological polar surface area (TPSA) is 60.8 Å². The average Bonchev–Trinajstić information content (AvgIpc) is 2.39. The zero-order valence-electron chi connectivity index (χ0n) is 11.2. The lowest BCUT2D eigenvalue weighted by Crippen LogP contribution is -2.43. The van der Waals surface area contributed by atoms with E-state index in [1.54, 1.807) is 25.1 Å². The summed E-state index contributed by atoms with van der Waals surface area (Å²) >= 11 is 0. The number of phenolic OH excluding ortho intramolecular Hbond substituents is 1. The Hall–Kier alpha value is -1.55. The van der Waals surface area contributed by atoms with Crippen LogP contribution in [0.2, 0.25) is 0 Å². The van der Waals surface area contributed by atoms with E-state index in [-0.39, 0.29) is 23.7 Å². The predicted molar refractivity (Wildman–Crippen MR) is 72.8 cm³/mol. The number of amides is 1. The number of aliphatic hydroxyl groups is 1. The molecule has 0 spiro atoms. The molecule has 0 saturated carbocycles. The van der Waals surface area contributed by atoms with Crippen molar-refractivity contribution in [2.24, 2.45) is 5.92 Å². The van der Waals surface area contributed by atoms with E-state index in [0.717, 1.165) is 24.9 Å². The lowest BCUT2D eigenvalue weighted by molar-refractivity contribution is -0.133. The predicted octanol–water partition coefficient (Wildman–Crippen LogP) is 1.55. The van der Waals surface area contributed by atoms with E-state index < -0.39 is 0 Å². The Balaban J connectivity index is 1.96. The first-order valence-electron chi connectivity index (χ1n) is 6.80. The van der Waals surface area contributed by atoms with Crippen LogP contribution >= 0.6 is 0 Å². The van der Waals surface area contributed by atoms with Crippen molar-refractivity contribution in [2.45, 2.75) is 32.3 Å². The Morgan fingerprint density at radius 1 is 1.53 bits per heavy atom. The number of carbonyl (C=O) groups is 1. The molecule has 0 aromatic heterocycles. The molecule has 0 bridgehead atoms. The van der Waals surface area contributed by atoms with Crippen molar-refractivity contribution in [3.05, 3.63) is 29.8 Å². The van der Waals surface area contributed by atoms with Crippen molar-refractivity contribution in [1.29, 1.82) is 0 Å². The Morgan fingerprint density at radius 2 is 2.32 bits per heavy atom. The second-order valence-electron chi connectivity index (χ2n) is 5.33. The van der Waals surface area contributed by atoms with Gasteiger partial charge in [-0.25, -0.2) is 0 Å². The van der Waals surface area contributed by atoms with Gasteiger partial charge in [0.15, 0.2) is 0 Å². The normalized spacial score (nSPS) is 21.2. The molecule has 1 aliphatic heterocycles. The molecule has 1 heterocycles. The zero-order valence-corrected chi connectivity index (χ0v) is 11.2. The highest BCUT2D eigenvalue weighted by molar-refractivity contribution is 5.79. The molecule has 4 heteroatoms. The maximum Gasteiger partial charge on any atom is 0.227 e. The number of hydrogen-bond donors (Lipinski definition) is 2. The third-order valence-electron chi connectivity index (χ3n) is 3.76. The van der Waals surface area contributed by atoms with Gasteiger partial charge in [0.05, 0.1) is 12.5 Å². The molecule has 4 nitrogen and oxygen atoms in total. The largest absolute Gasteiger partial charge is 0.508 e. The highest BCUT2D eigenvalue weighted by Gasteiger charge is 2.26. The maximum atomic E-state index is 12.2. The van der Waals surface area contributed by atoms with Crippen LogP contribution in [0.15, 0.2) is 24.3 Å². The van der Waals surface area contributed by atoms with Crippen LogP contribution in [-0.4, -0.2) is 40.2 Å². The molecule has 1 fully saturated rings. The molecule has 1 aromatic carbocycles. The maximum absolute atomic E-state index is 12.2. The van der Waals surface area contributed by atoms with E-state index in [9.17, 15) is 15.0 Å². The van der Waals surface area contributed by atoms with Gasteiger partial charge in [0, 0.05) is 19.0 Å². The summed E-state index contributed by atoms with van der Waals surface area (Å²) in [5.41, 5.74) is 0.823. The number of phenols is 1. The molecule has 0 radical (unpaired) electrons. The first-order valence-corrected chi connectivity index (χ1v) is 6.80. The molecular weight excluding hydrogens is 242 g/mol. The van der Waals surface area contributed by atoms with Crippen LogP contribution in [-0.2, 0) is 11.2 Å². The molecule has 19 heavy (non-hydrogen) atoms. The Morgan fingerprint density at radius 3 is 3.00 bits per heavy atom. The van der Waals surface area contributed by atoms with Crippen molar-refractivity contribution in [2.75, 3.05) is 13.1 Å². The van der Waals surface area contributed by atoms with Gasteiger partial charge in [0.2, 0.25) is 5.91 Å². The molecule has 0 aliphatic carbocycles. The van der Waals surface area contributed by atoms with Crippen LogP contribution in [0, 0.1) is 5.92 Å². The second kappa shape index (κ2) is 6.06. The first-order chi connectivity index (χ1) is 9.06. The lowest BCUT2D eigenvalue weighted by Gasteiger charge is -2.34. The van der Waals surface area contributed by atoms with Gasteiger partial charge >= 0.3 is 0 Å². The summed E-state index contributed by atoms with van der Waals surface area (Å²) in [6, 6.07) is 6.80. The minimum Gasteiger partial charge on any atom is -0.508 e. The highest BCUT2D eigenvalue weighted by atomic mass is 16.3. The average molecular weight is 263 g/mol. The summed E-state index contributed by atoms with van der Waals surface area (Å²) < 4.78 is 0. The van der Waals surface area contributed by atoms with Crippen molar-refractivity contribution in [3.8, 4) is 5.75 Å². The number of piperidine rings is 1. The van der Waals surface area contributed by atoms with E-state index in [2.05, 4.69) is 0 Å². The van der Waals surface area contributed by atoms with E-state index in [1.165, 1.54) is 0 Å². The molecule has 2 atom stereocenters. The summed E-state index contributed by atoms with van der Waals surface area (Å²) in [5, 5.41) is 19.0. The van der Waals surface area contributed by atoms with Crippen molar-refractivity contribution >= 4 is 5.91 Å². The van der Waals surface area contributed by atoms with Crippen LogP contribution in [0.4, 0.5) is 0 Å². The SMILES string of the molecule is CC(O)C1CCCN(C(=O)Cc2cccc(O)c2)C1. The van der Waals surface area contributed by atoms with Gasteiger partial charge in [-0.2, -0.15) is 0 Å². The van der Waals surface area contributed by atoms with Gasteiger partial charge in [0.25, 0.3) is 0 Å². The summed E-state index contributed by atoms with van der Waals surface area (Å²) in [5.74, 6) is 0.434. The van der Waals surface area contributed by atoms with E-state index >= 15 is 0 Å². The van der Waals surface area contributed by atoms with E-state index in [1.807, 2.05) is 11.0 Å². The lowest BCUT2D eigenvalue weighted by atomic mass is 9.93. The van der Waals surface area contributed by atoms with Crippen LogP contribution in [0.1, 0.15) is 25.3 Å². The fourth-order valence-corrected chi connectivity index (χ4v) is 2.58. The van der Waals surface area contributed by atoms with Crippen molar-refractivity contribution < 1.29 is 15.0 Å². The first kappa shape index (κ1) is 13.9. The van der Waals surface area contributed by atoms with Gasteiger partial charge in [-0.3, -0.25) is 4.79 Å². The summed E-state index contributed by atoms with van der Waals surface area (Å²) in [6.07, 6.45) is 1.87. The number of rotatable bonds is 3. The molecular formula is C15H21NO3. The van der Waals surface area contributed by atoms with Crippen LogP contribution in [0.5, 0.6) is 5.75 Å². The standard InChI is InChI=1S/C15H21NO3/c1-11(17)13-5-3-7-16(10-13)15(19)9-12-4-2-6-14(18)8-12/h2,4,6,8,11,13,17-18H,3,5,7,9-10H2,1H3. The van der Waals surface area contributed by atoms with Gasteiger partial charge < -0.3 is 15.1 Å². The summed E-state index contributed by atoms with van der Waals surface area (Å²) in [4.78, 5) is 14.0. The Labute approximate surface area is 113 Å². The number of benzene rings is 1. The number of hydrogen-bond acceptors (Lipinski definition) is 3. The quantitative estimate of drug-likeness (QED) is 0.870. The van der Waals surface area contributed by atoms with Crippen LogP contribution in [0.3, 0.4) is 0 Å². The second-order valence-corrected chi connectivity index (χ2v) is 5.33. The third-order valence-corrected chi connectivity index (χ3v) is 3.76. The minimum atomic E-state index is -0.364. The highest BCUT2D eigenvalue weighted by Crippen LogP contribution is 2.21. The van der Waals surface area contributed by atoms with Gasteiger partial charge in [-0.1, -0.05) is 12.1 Å². The van der Waals surface area contributed by atoms with E-state index in [4.69, 9.17) is 0 Å². The molecule has 1 aromatic rings. The van der Waals surface area contributed by atoms with Crippen molar-refractivity contribution in [3.63, 3.8) is 0 Å². The monoisotopic (exact) mass is 263 g/mol. The molecule has 2 rings (SSSR count). The van der Waals surface area contributed by atoms with Gasteiger partial charge in [0.1, 0.15) is 5.75 Å². The van der Waals surface area contributed by atoms with Gasteiger partial charge in [-0.05, 0) is 37.5 Å². The molecule has 104 valence electrons. The molecule has 2 N–H and O–H groups in total. The number of carbonyl (C=O) groups excluding carboxylic acids is 1. The molecule has 2 unspecified atom stereocenters. The molecule has 1 aliphatic rings. The summed E-state index contributed by atoms with van der Waals surface area (Å²) in [6.45, 7) is 3.18. The summed E-state index contributed by atoms with van der Waals surface area (Å²) in [7, 11) is 0. The zero-order chi connectivity index (χ0) is 13.8. The minimum absolute atomic E-state index is 0.0657. The van der Waals surface area contributed by atoms with E-state index in [0.29, 0.717) is 13.0 Å². The fourth-order valence-electron chi connectivity index (χ4n) is 2.58. The van der Waals surface area contributed by atoms with Crippen molar-refractivity contribution in [1.82, 2.24) is 4.90 Å². The molecule has 1 saturated heterocycles. The molecule has 1 amide bonds. The number of aromatic hydroxyl groups is 1. The third kappa shape index (κ3) is 3.70. The Kier molecular flexibility index (Phi) is 4.43. The fraction of sp³-hybridized carbons (Fsp3) is 0.533. The number of aliphatic hydroxyl groups excluding tert-OH is 1. The van der Waals surface area contributed by atoms with Crippen LogP contribution in [0.25, 0.3) is 0 Å². The smallest absolute Gasteiger partial charge is 0.227 e. The van der Waals surface area contributed by atoms with Crippen LogP contribution < -0.4 is 0 Å².